The number of methoxy groups -OCH3 is 1. The summed E-state index contributed by atoms with van der Waals surface area (Å²) in [7, 11) is 1.59. The molecule has 2 rings (SSSR count). The second-order valence-electron chi connectivity index (χ2n) is 3.93. The zero-order valence-corrected chi connectivity index (χ0v) is 13.4. The predicted octanol–water partition coefficient (Wildman–Crippen LogP) is 3.27. The Bertz CT molecular complexity index is 692. The van der Waals surface area contributed by atoms with E-state index in [4.69, 9.17) is 16.3 Å². The number of rotatable bonds is 4. The number of hydrazone groups is 1. The van der Waals surface area contributed by atoms with Crippen LogP contribution in [0.25, 0.3) is 0 Å². The number of ether oxygens (including phenoxy) is 1. The predicted molar refractivity (Wildman–Crippen MR) is 85.0 cm³/mol. The number of nitrogens with one attached hydrogen (secondary N) is 1. The molecule has 2 aromatic rings. The van der Waals surface area contributed by atoms with Gasteiger partial charge in [0, 0.05) is 6.20 Å². The van der Waals surface area contributed by atoms with Crippen LogP contribution in [-0.4, -0.2) is 24.2 Å². The van der Waals surface area contributed by atoms with E-state index in [9.17, 15) is 4.79 Å². The van der Waals surface area contributed by atoms with Crippen molar-refractivity contribution in [3.63, 3.8) is 0 Å². The Morgan fingerprint density at radius 1 is 1.48 bits per heavy atom. The van der Waals surface area contributed by atoms with Crippen molar-refractivity contribution in [1.29, 1.82) is 0 Å². The van der Waals surface area contributed by atoms with Crippen LogP contribution < -0.4 is 10.2 Å². The molecule has 21 heavy (non-hydrogen) atoms. The number of amides is 1. The molecule has 1 N–H and O–H groups in total. The van der Waals surface area contributed by atoms with Crippen LogP contribution in [0.5, 0.6) is 5.75 Å². The van der Waals surface area contributed by atoms with Crippen LogP contribution in [0.15, 0.2) is 46.1 Å². The summed E-state index contributed by atoms with van der Waals surface area (Å²) in [6, 6.07) is 8.64. The molecule has 0 radical (unpaired) electrons. The largest absolute Gasteiger partial charge is 0.496 e. The lowest BCUT2D eigenvalue weighted by Gasteiger charge is -2.03. The van der Waals surface area contributed by atoms with Crippen LogP contribution in [0.3, 0.4) is 0 Å². The normalized spacial score (nSPS) is 10.6. The molecule has 0 fully saturated rings. The third-order valence-corrected chi connectivity index (χ3v) is 3.48. The van der Waals surface area contributed by atoms with Crippen LogP contribution in [-0.2, 0) is 0 Å². The second kappa shape index (κ2) is 7.19. The zero-order chi connectivity index (χ0) is 15.2. The van der Waals surface area contributed by atoms with Crippen LogP contribution in [0.2, 0.25) is 5.15 Å². The first kappa shape index (κ1) is 15.5. The van der Waals surface area contributed by atoms with Crippen molar-refractivity contribution in [2.75, 3.05) is 7.11 Å². The van der Waals surface area contributed by atoms with Gasteiger partial charge in [0.25, 0.3) is 5.91 Å². The van der Waals surface area contributed by atoms with E-state index in [1.807, 2.05) is 12.1 Å². The summed E-state index contributed by atoms with van der Waals surface area (Å²) in [5.74, 6) is 0.301. The van der Waals surface area contributed by atoms with Gasteiger partial charge in [0.05, 0.1) is 23.4 Å². The van der Waals surface area contributed by atoms with E-state index in [1.165, 1.54) is 12.4 Å². The standard InChI is InChI=1S/C14H11BrClN3O2/c1-21-12-5-4-9(7-11(12)15)8-18-19-14(20)10-3-2-6-17-13(10)16/h2-8H,1H3,(H,19,20). The maximum absolute atomic E-state index is 11.8. The molecule has 108 valence electrons. The number of carbonyl (C=O) groups excluding carboxylic acids is 1. The molecule has 1 amide bonds. The first-order valence-electron chi connectivity index (χ1n) is 5.89. The van der Waals surface area contributed by atoms with Crippen molar-refractivity contribution >= 4 is 39.7 Å². The molecule has 1 aromatic heterocycles. The number of halogens is 2. The van der Waals surface area contributed by atoms with Crippen LogP contribution >= 0.6 is 27.5 Å². The molecule has 0 spiro atoms. The minimum Gasteiger partial charge on any atom is -0.496 e. The number of nitrogens with zero attached hydrogens (tertiary/aromatic N) is 2. The number of hydrogen-bond donors (Lipinski definition) is 1. The first-order chi connectivity index (χ1) is 10.1. The highest BCUT2D eigenvalue weighted by Gasteiger charge is 2.09. The minimum absolute atomic E-state index is 0.136. The molecule has 0 aliphatic carbocycles. The topological polar surface area (TPSA) is 63.6 Å². The molecular weight excluding hydrogens is 358 g/mol. The summed E-state index contributed by atoms with van der Waals surface area (Å²) in [5.41, 5.74) is 3.47. The van der Waals surface area contributed by atoms with Gasteiger partial charge in [-0.15, -0.1) is 0 Å². The fraction of sp³-hybridized carbons (Fsp3) is 0.0714. The zero-order valence-electron chi connectivity index (χ0n) is 11.0. The molecular formula is C14H11BrClN3O2. The van der Waals surface area contributed by atoms with Crippen LogP contribution in [0.4, 0.5) is 0 Å². The fourth-order valence-corrected chi connectivity index (χ4v) is 2.31. The quantitative estimate of drug-likeness (QED) is 0.512. The first-order valence-corrected chi connectivity index (χ1v) is 7.06. The van der Waals surface area contributed by atoms with E-state index in [1.54, 1.807) is 25.3 Å². The highest BCUT2D eigenvalue weighted by atomic mass is 79.9. The highest BCUT2D eigenvalue weighted by Crippen LogP contribution is 2.24. The Morgan fingerprint density at radius 2 is 2.29 bits per heavy atom. The van der Waals surface area contributed by atoms with E-state index >= 15 is 0 Å². The summed E-state index contributed by atoms with van der Waals surface area (Å²) >= 11 is 9.20. The van der Waals surface area contributed by atoms with Gasteiger partial charge in [-0.25, -0.2) is 10.4 Å². The van der Waals surface area contributed by atoms with Gasteiger partial charge in [0.1, 0.15) is 10.9 Å². The average molecular weight is 369 g/mol. The summed E-state index contributed by atoms with van der Waals surface area (Å²) < 4.78 is 5.93. The SMILES string of the molecule is COc1ccc(C=NNC(=O)c2cccnc2Cl)cc1Br. The smallest absolute Gasteiger partial charge is 0.274 e. The summed E-state index contributed by atoms with van der Waals surface area (Å²) in [4.78, 5) is 15.7. The molecule has 7 heteroatoms. The fourth-order valence-electron chi connectivity index (χ4n) is 1.54. The summed E-state index contributed by atoms with van der Waals surface area (Å²) in [6.45, 7) is 0. The second-order valence-corrected chi connectivity index (χ2v) is 5.15. The van der Waals surface area contributed by atoms with Crippen molar-refractivity contribution < 1.29 is 9.53 Å². The van der Waals surface area contributed by atoms with Crippen LogP contribution in [0.1, 0.15) is 15.9 Å². The molecule has 0 atom stereocenters. The number of pyridine rings is 1. The number of hydrogen-bond acceptors (Lipinski definition) is 4. The van der Waals surface area contributed by atoms with Crippen molar-refractivity contribution in [1.82, 2.24) is 10.4 Å². The van der Waals surface area contributed by atoms with E-state index < -0.39 is 5.91 Å². The van der Waals surface area contributed by atoms with Gasteiger partial charge in [-0.3, -0.25) is 4.79 Å². The third-order valence-electron chi connectivity index (χ3n) is 2.56. The van der Waals surface area contributed by atoms with Crippen molar-refractivity contribution in [2.24, 2.45) is 5.10 Å². The van der Waals surface area contributed by atoms with Gasteiger partial charge >= 0.3 is 0 Å². The molecule has 0 bridgehead atoms. The van der Waals surface area contributed by atoms with Gasteiger partial charge in [0.2, 0.25) is 0 Å². The molecule has 5 nitrogen and oxygen atoms in total. The number of carbonyl (C=O) groups is 1. The third kappa shape index (κ3) is 4.03. The molecule has 0 aliphatic heterocycles. The van der Waals surface area contributed by atoms with E-state index in [0.29, 0.717) is 0 Å². The minimum atomic E-state index is -0.420. The maximum atomic E-state index is 11.8. The number of benzene rings is 1. The average Bonchev–Trinajstić information content (AvgIpc) is 2.48. The molecule has 0 saturated carbocycles. The Labute approximate surface area is 135 Å². The van der Waals surface area contributed by atoms with E-state index in [0.717, 1.165) is 15.8 Å². The monoisotopic (exact) mass is 367 g/mol. The lowest BCUT2D eigenvalue weighted by molar-refractivity contribution is 0.0955. The summed E-state index contributed by atoms with van der Waals surface area (Å²) in [5, 5.41) is 4.02. The Kier molecular flexibility index (Phi) is 5.30. The molecule has 0 aliphatic rings. The maximum Gasteiger partial charge on any atom is 0.274 e. The van der Waals surface area contributed by atoms with Crippen molar-refractivity contribution in [3.05, 3.63) is 57.3 Å². The highest BCUT2D eigenvalue weighted by molar-refractivity contribution is 9.10. The van der Waals surface area contributed by atoms with Gasteiger partial charge in [-0.1, -0.05) is 11.6 Å². The number of aromatic nitrogens is 1. The lowest BCUT2D eigenvalue weighted by Crippen LogP contribution is -2.18. The van der Waals surface area contributed by atoms with Crippen LogP contribution in [0, 0.1) is 0 Å². The summed E-state index contributed by atoms with van der Waals surface area (Å²) in [6.07, 6.45) is 3.03. The van der Waals surface area contributed by atoms with E-state index in [2.05, 4.69) is 31.4 Å². The molecule has 0 unspecified atom stereocenters. The Hall–Kier alpha value is -1.92. The van der Waals surface area contributed by atoms with E-state index in [-0.39, 0.29) is 10.7 Å². The lowest BCUT2D eigenvalue weighted by atomic mass is 10.2. The Balaban J connectivity index is 2.04. The molecule has 0 saturated heterocycles. The van der Waals surface area contributed by atoms with Gasteiger partial charge in [0.15, 0.2) is 0 Å². The van der Waals surface area contributed by atoms with Crippen molar-refractivity contribution in [2.45, 2.75) is 0 Å². The van der Waals surface area contributed by atoms with Gasteiger partial charge < -0.3 is 4.74 Å². The Morgan fingerprint density at radius 3 is 2.95 bits per heavy atom. The molecule has 1 heterocycles. The van der Waals surface area contributed by atoms with Gasteiger partial charge in [-0.05, 0) is 51.8 Å². The van der Waals surface area contributed by atoms with Crippen molar-refractivity contribution in [3.8, 4) is 5.75 Å². The van der Waals surface area contributed by atoms with Gasteiger partial charge in [-0.2, -0.15) is 5.10 Å². The molecule has 1 aromatic carbocycles.